The molecule has 0 aliphatic heterocycles. The first-order valence-electron chi connectivity index (χ1n) is 10.6. The molecule has 3 heterocycles. The summed E-state index contributed by atoms with van der Waals surface area (Å²) in [5.74, 6) is -0.254. The highest BCUT2D eigenvalue weighted by atomic mass is 32.2. The topological polar surface area (TPSA) is 110 Å². The minimum absolute atomic E-state index is 0.0123. The van der Waals surface area contributed by atoms with Crippen LogP contribution in [-0.2, 0) is 28.0 Å². The summed E-state index contributed by atoms with van der Waals surface area (Å²) in [6.45, 7) is 4.61. The summed E-state index contributed by atoms with van der Waals surface area (Å²) in [4.78, 5) is 21.1. The quantitative estimate of drug-likeness (QED) is 0.519. The first-order chi connectivity index (χ1) is 15.8. The molecule has 0 atom stereocenters. The number of hydrogen-bond acceptors (Lipinski definition) is 6. The monoisotopic (exact) mass is 493 g/mol. The van der Waals surface area contributed by atoms with Crippen LogP contribution in [0.25, 0.3) is 17.0 Å². The van der Waals surface area contributed by atoms with E-state index < -0.39 is 32.8 Å². The summed E-state index contributed by atoms with van der Waals surface area (Å²) < 4.78 is 68.5. The van der Waals surface area contributed by atoms with E-state index in [0.29, 0.717) is 10.1 Å². The summed E-state index contributed by atoms with van der Waals surface area (Å²) >= 11 is 0. The lowest BCUT2D eigenvalue weighted by Crippen LogP contribution is -2.32. The van der Waals surface area contributed by atoms with Gasteiger partial charge < -0.3 is 0 Å². The Balaban J connectivity index is 1.96. The number of sulfone groups is 1. The third-order valence-corrected chi connectivity index (χ3v) is 7.71. The lowest BCUT2D eigenvalue weighted by atomic mass is 9.87. The molecule has 0 unspecified atom stereocenters. The van der Waals surface area contributed by atoms with E-state index in [1.54, 1.807) is 13.8 Å². The first-order valence-corrected chi connectivity index (χ1v) is 12.3. The van der Waals surface area contributed by atoms with Crippen LogP contribution in [0.2, 0.25) is 0 Å². The molecule has 0 aromatic carbocycles. The fraction of sp³-hybridized carbons (Fsp3) is 0.455. The van der Waals surface area contributed by atoms with Gasteiger partial charge >= 0.3 is 11.9 Å². The molecule has 1 aliphatic rings. The van der Waals surface area contributed by atoms with Crippen molar-refractivity contribution in [2.45, 2.75) is 56.6 Å². The van der Waals surface area contributed by atoms with Crippen molar-refractivity contribution in [3.05, 3.63) is 46.3 Å². The van der Waals surface area contributed by atoms with Crippen LogP contribution in [0.5, 0.6) is 0 Å². The van der Waals surface area contributed by atoms with Gasteiger partial charge in [-0.3, -0.25) is 14.0 Å². The smallest absolute Gasteiger partial charge is 0.289 e. The van der Waals surface area contributed by atoms with Gasteiger partial charge in [0.1, 0.15) is 22.7 Å². The zero-order valence-electron chi connectivity index (χ0n) is 18.7. The Morgan fingerprint density at radius 3 is 2.47 bits per heavy atom. The molecule has 1 aliphatic carbocycles. The number of fused-ring (bicyclic) bond motifs is 1. The molecule has 180 valence electrons. The lowest BCUT2D eigenvalue weighted by molar-refractivity contribution is -0.144. The molecule has 4 rings (SSSR count). The molecule has 0 amide bonds. The van der Waals surface area contributed by atoms with Crippen LogP contribution < -0.4 is 5.69 Å². The van der Waals surface area contributed by atoms with E-state index in [9.17, 15) is 31.6 Å². The predicted molar refractivity (Wildman–Crippen MR) is 117 cm³/mol. The number of nitrogens with zero attached hydrogens (tertiary/aromatic N) is 5. The van der Waals surface area contributed by atoms with E-state index in [1.165, 1.54) is 25.4 Å². The SMILES string of the molecule is CCS(=O)(=O)c1cc(C(C)(C)C#N)cnc1-c1cn2c(=O)n(CC3CC3)c(C(F)(F)F)cc2n1. The van der Waals surface area contributed by atoms with Crippen molar-refractivity contribution in [3.63, 3.8) is 0 Å². The minimum Gasteiger partial charge on any atom is -0.289 e. The van der Waals surface area contributed by atoms with Crippen LogP contribution in [0.4, 0.5) is 13.2 Å². The highest BCUT2D eigenvalue weighted by molar-refractivity contribution is 7.91. The standard InChI is InChI=1S/C22H22F3N5O3S/c1-4-34(32,33)16-7-14(21(2,3)12-26)9-27-19(16)15-11-30-18(28-15)8-17(22(23,24)25)29(20(30)31)10-13-5-6-13/h7-9,11,13H,4-6,10H2,1-3H3. The molecule has 12 heteroatoms. The molecule has 0 N–H and O–H groups in total. The van der Waals surface area contributed by atoms with E-state index in [1.807, 2.05) is 0 Å². The molecule has 1 saturated carbocycles. The number of rotatable bonds is 6. The summed E-state index contributed by atoms with van der Waals surface area (Å²) in [5.41, 5.74) is -3.08. The molecule has 0 bridgehead atoms. The summed E-state index contributed by atoms with van der Waals surface area (Å²) in [5, 5.41) is 9.42. The third-order valence-electron chi connectivity index (χ3n) is 5.97. The average Bonchev–Trinajstić information content (AvgIpc) is 3.49. The number of imidazole rings is 1. The van der Waals surface area contributed by atoms with Gasteiger partial charge in [0.25, 0.3) is 0 Å². The highest BCUT2D eigenvalue weighted by Crippen LogP contribution is 2.35. The highest BCUT2D eigenvalue weighted by Gasteiger charge is 2.37. The van der Waals surface area contributed by atoms with Crippen LogP contribution in [0.15, 0.2) is 34.2 Å². The summed E-state index contributed by atoms with van der Waals surface area (Å²) in [6.07, 6.45) is -0.715. The van der Waals surface area contributed by atoms with Gasteiger partial charge in [0.15, 0.2) is 9.84 Å². The van der Waals surface area contributed by atoms with Crippen LogP contribution in [0.1, 0.15) is 44.9 Å². The van der Waals surface area contributed by atoms with Crippen molar-refractivity contribution in [1.82, 2.24) is 18.9 Å². The van der Waals surface area contributed by atoms with Gasteiger partial charge in [-0.25, -0.2) is 18.2 Å². The number of nitriles is 1. The van der Waals surface area contributed by atoms with Gasteiger partial charge in [-0.05, 0) is 44.2 Å². The third kappa shape index (κ3) is 4.20. The van der Waals surface area contributed by atoms with Crippen LogP contribution in [0, 0.1) is 17.2 Å². The molecular weight excluding hydrogens is 471 g/mol. The van der Waals surface area contributed by atoms with E-state index in [-0.39, 0.29) is 40.1 Å². The Morgan fingerprint density at radius 1 is 1.24 bits per heavy atom. The van der Waals surface area contributed by atoms with E-state index in [4.69, 9.17) is 0 Å². The Morgan fingerprint density at radius 2 is 1.91 bits per heavy atom. The fourth-order valence-corrected chi connectivity index (χ4v) is 4.67. The Kier molecular flexibility index (Phi) is 5.59. The number of aromatic nitrogens is 4. The van der Waals surface area contributed by atoms with Crippen molar-refractivity contribution in [1.29, 1.82) is 5.26 Å². The van der Waals surface area contributed by atoms with E-state index in [2.05, 4.69) is 16.0 Å². The Labute approximate surface area is 193 Å². The number of alkyl halides is 3. The lowest BCUT2D eigenvalue weighted by Gasteiger charge is -2.17. The van der Waals surface area contributed by atoms with Gasteiger partial charge in [-0.1, -0.05) is 6.92 Å². The normalized spacial score (nSPS) is 15.0. The maximum atomic E-state index is 13.7. The van der Waals surface area contributed by atoms with E-state index in [0.717, 1.165) is 23.3 Å². The number of halogens is 3. The molecule has 34 heavy (non-hydrogen) atoms. The summed E-state index contributed by atoms with van der Waals surface area (Å²) in [6, 6.07) is 4.20. The van der Waals surface area contributed by atoms with Gasteiger partial charge in [-0.15, -0.1) is 0 Å². The van der Waals surface area contributed by atoms with Gasteiger partial charge in [0, 0.05) is 25.0 Å². The van der Waals surface area contributed by atoms with Crippen molar-refractivity contribution >= 4 is 15.5 Å². The van der Waals surface area contributed by atoms with Crippen molar-refractivity contribution in [3.8, 4) is 17.5 Å². The first kappa shape index (κ1) is 23.9. The predicted octanol–water partition coefficient (Wildman–Crippen LogP) is 3.58. The van der Waals surface area contributed by atoms with Crippen LogP contribution in [-0.4, -0.2) is 33.1 Å². The van der Waals surface area contributed by atoms with Crippen LogP contribution >= 0.6 is 0 Å². The second kappa shape index (κ2) is 7.94. The van der Waals surface area contributed by atoms with Crippen molar-refractivity contribution in [2.75, 3.05) is 5.75 Å². The van der Waals surface area contributed by atoms with Gasteiger partial charge in [-0.2, -0.15) is 18.4 Å². The zero-order valence-corrected chi connectivity index (χ0v) is 19.5. The van der Waals surface area contributed by atoms with E-state index >= 15 is 0 Å². The van der Waals surface area contributed by atoms with Gasteiger partial charge in [0.05, 0.1) is 22.1 Å². The van der Waals surface area contributed by atoms with Gasteiger partial charge in [0.2, 0.25) is 0 Å². The molecule has 3 aromatic heterocycles. The largest absolute Gasteiger partial charge is 0.431 e. The molecule has 0 spiro atoms. The molecule has 8 nitrogen and oxygen atoms in total. The zero-order chi connectivity index (χ0) is 25.1. The molecule has 0 radical (unpaired) electrons. The van der Waals surface area contributed by atoms with Crippen LogP contribution in [0.3, 0.4) is 0 Å². The average molecular weight is 494 g/mol. The fourth-order valence-electron chi connectivity index (χ4n) is 3.60. The Bertz CT molecular complexity index is 1490. The Hall–Kier alpha value is -3.20. The second-order valence-electron chi connectivity index (χ2n) is 8.93. The van der Waals surface area contributed by atoms with Crippen molar-refractivity contribution in [2.24, 2.45) is 5.92 Å². The van der Waals surface area contributed by atoms with Crippen molar-refractivity contribution < 1.29 is 21.6 Å². The maximum Gasteiger partial charge on any atom is 0.431 e. The molecule has 3 aromatic rings. The molecular formula is C22H22F3N5O3S. The number of hydrogen-bond donors (Lipinski definition) is 0. The molecule has 1 fully saturated rings. The number of pyridine rings is 1. The maximum absolute atomic E-state index is 13.7. The summed E-state index contributed by atoms with van der Waals surface area (Å²) in [7, 11) is -3.85. The molecule has 0 saturated heterocycles. The minimum atomic E-state index is -4.76. The second-order valence-corrected chi connectivity index (χ2v) is 11.2.